The van der Waals surface area contributed by atoms with Crippen molar-refractivity contribution in [2.45, 2.75) is 31.6 Å². The number of amides is 2. The van der Waals surface area contributed by atoms with Crippen LogP contribution in [-0.2, 0) is 12.7 Å². The molecule has 0 spiro atoms. The van der Waals surface area contributed by atoms with E-state index in [1.165, 1.54) is 18.0 Å². The normalized spacial score (nSPS) is 14.7. The Kier molecular flexibility index (Phi) is 6.74. The maximum atomic E-state index is 13.5. The van der Waals surface area contributed by atoms with Gasteiger partial charge in [-0.3, -0.25) is 19.8 Å². The number of hydrogen-bond acceptors (Lipinski definition) is 7. The molecule has 1 aliphatic heterocycles. The highest BCUT2D eigenvalue weighted by molar-refractivity contribution is 5.91. The van der Waals surface area contributed by atoms with Crippen molar-refractivity contribution in [2.75, 3.05) is 25.0 Å². The second-order valence-corrected chi connectivity index (χ2v) is 7.34. The van der Waals surface area contributed by atoms with Crippen molar-refractivity contribution in [3.63, 3.8) is 0 Å². The zero-order valence-electron chi connectivity index (χ0n) is 17.3. The van der Waals surface area contributed by atoms with Crippen LogP contribution in [0.25, 0.3) is 0 Å². The molecule has 1 aromatic carbocycles. The van der Waals surface area contributed by atoms with E-state index in [0.29, 0.717) is 6.07 Å². The molecular formula is C19H20F3N5O6. The molecule has 0 saturated carbocycles. The maximum Gasteiger partial charge on any atom is 0.418 e. The monoisotopic (exact) mass is 471 g/mol. The van der Waals surface area contributed by atoms with Crippen LogP contribution in [0.2, 0.25) is 0 Å². The summed E-state index contributed by atoms with van der Waals surface area (Å²) in [6, 6.07) is 3.37. The van der Waals surface area contributed by atoms with Gasteiger partial charge in [-0.05, 0) is 18.9 Å². The Hall–Kier alpha value is -3.84. The molecule has 2 aromatic rings. The summed E-state index contributed by atoms with van der Waals surface area (Å²) in [5.41, 5.74) is -1.99. The van der Waals surface area contributed by atoms with Gasteiger partial charge in [0.25, 0.3) is 11.6 Å². The molecule has 2 amide bonds. The number of nitrogens with zero attached hydrogens (tertiary/aromatic N) is 4. The average Bonchev–Trinajstić information content (AvgIpc) is 3.24. The first kappa shape index (κ1) is 23.8. The van der Waals surface area contributed by atoms with Crippen molar-refractivity contribution < 1.29 is 37.3 Å². The predicted octanol–water partition coefficient (Wildman–Crippen LogP) is 3.11. The minimum atomic E-state index is -4.79. The molecule has 0 bridgehead atoms. The largest absolute Gasteiger partial charge is 0.465 e. The number of nitro benzene ring substituents is 1. The lowest BCUT2D eigenvalue weighted by Gasteiger charge is -2.38. The van der Waals surface area contributed by atoms with Gasteiger partial charge in [-0.2, -0.15) is 13.2 Å². The van der Waals surface area contributed by atoms with Crippen LogP contribution in [0.4, 0.5) is 29.3 Å². The lowest BCUT2D eigenvalue weighted by molar-refractivity contribution is -0.385. The Morgan fingerprint density at radius 2 is 2.00 bits per heavy atom. The number of anilines is 1. The van der Waals surface area contributed by atoms with E-state index >= 15 is 0 Å². The maximum absolute atomic E-state index is 13.5. The van der Waals surface area contributed by atoms with Gasteiger partial charge >= 0.3 is 12.3 Å². The summed E-state index contributed by atoms with van der Waals surface area (Å²) >= 11 is 0. The molecule has 178 valence electrons. The third kappa shape index (κ3) is 5.32. The second-order valence-electron chi connectivity index (χ2n) is 7.34. The Labute approximate surface area is 184 Å². The van der Waals surface area contributed by atoms with Crippen LogP contribution in [0, 0.1) is 10.1 Å². The fourth-order valence-electron chi connectivity index (χ4n) is 3.70. The summed E-state index contributed by atoms with van der Waals surface area (Å²) in [5.74, 6) is -0.350. The van der Waals surface area contributed by atoms with Crippen LogP contribution in [0.3, 0.4) is 0 Å². The number of rotatable bonds is 6. The van der Waals surface area contributed by atoms with Crippen LogP contribution in [0.5, 0.6) is 0 Å². The first-order chi connectivity index (χ1) is 15.5. The topological polar surface area (TPSA) is 142 Å². The van der Waals surface area contributed by atoms with Gasteiger partial charge in [-0.1, -0.05) is 5.16 Å². The van der Waals surface area contributed by atoms with Crippen molar-refractivity contribution in [1.82, 2.24) is 15.4 Å². The molecular weight excluding hydrogens is 451 g/mol. The molecule has 1 fully saturated rings. The molecule has 0 aliphatic carbocycles. The number of carbonyl (C=O) groups is 2. The van der Waals surface area contributed by atoms with Gasteiger partial charge < -0.3 is 19.8 Å². The van der Waals surface area contributed by atoms with Gasteiger partial charge in [0.2, 0.25) is 0 Å². The third-order valence-corrected chi connectivity index (χ3v) is 5.33. The molecule has 2 N–H and O–H groups in total. The van der Waals surface area contributed by atoms with E-state index in [1.54, 1.807) is 0 Å². The number of halogens is 3. The molecule has 1 saturated heterocycles. The van der Waals surface area contributed by atoms with Crippen molar-refractivity contribution in [3.05, 3.63) is 51.4 Å². The van der Waals surface area contributed by atoms with Crippen LogP contribution >= 0.6 is 0 Å². The highest BCUT2D eigenvalue weighted by Gasteiger charge is 2.38. The van der Waals surface area contributed by atoms with Gasteiger partial charge in [0, 0.05) is 50.1 Å². The summed E-state index contributed by atoms with van der Waals surface area (Å²) in [6.45, 7) is 0.0276. The molecule has 33 heavy (non-hydrogen) atoms. The van der Waals surface area contributed by atoms with Crippen molar-refractivity contribution in [2.24, 2.45) is 0 Å². The van der Waals surface area contributed by atoms with Crippen molar-refractivity contribution in [3.8, 4) is 0 Å². The number of carbonyl (C=O) groups excluding carboxylic acids is 1. The van der Waals surface area contributed by atoms with E-state index in [9.17, 15) is 38.0 Å². The van der Waals surface area contributed by atoms with E-state index in [-0.39, 0.29) is 49.6 Å². The molecule has 1 aliphatic rings. The van der Waals surface area contributed by atoms with E-state index in [2.05, 4.69) is 10.5 Å². The Morgan fingerprint density at radius 1 is 1.33 bits per heavy atom. The van der Waals surface area contributed by atoms with Crippen LogP contribution < -0.4 is 10.2 Å². The SMILES string of the molecule is CNC(=O)c1cc(CN(C(=O)O)C2CCN(c3ccc([N+](=O)[O-])cc3C(F)(F)F)CC2)on1. The standard InChI is InChI=1S/C19H20F3N5O6/c1-23-17(28)15-9-13(33-24-15)10-26(18(29)30)11-4-6-25(7-5-11)16-3-2-12(27(31)32)8-14(16)19(20,21)22/h2-3,8-9,11H,4-7,10H2,1H3,(H,23,28)(H,29,30). The van der Waals surface area contributed by atoms with Crippen LogP contribution in [0.15, 0.2) is 28.8 Å². The van der Waals surface area contributed by atoms with E-state index in [0.717, 1.165) is 17.0 Å². The van der Waals surface area contributed by atoms with Gasteiger partial charge in [-0.15, -0.1) is 0 Å². The van der Waals surface area contributed by atoms with E-state index in [4.69, 9.17) is 4.52 Å². The van der Waals surface area contributed by atoms with Crippen molar-refractivity contribution in [1.29, 1.82) is 0 Å². The van der Waals surface area contributed by atoms with E-state index < -0.39 is 40.4 Å². The summed E-state index contributed by atoms with van der Waals surface area (Å²) in [5, 5.41) is 26.5. The summed E-state index contributed by atoms with van der Waals surface area (Å²) in [6.07, 6.45) is -5.61. The smallest absolute Gasteiger partial charge is 0.418 e. The van der Waals surface area contributed by atoms with E-state index in [1.807, 2.05) is 0 Å². The molecule has 2 heterocycles. The first-order valence-corrected chi connectivity index (χ1v) is 9.79. The highest BCUT2D eigenvalue weighted by Crippen LogP contribution is 2.39. The molecule has 0 radical (unpaired) electrons. The fraction of sp³-hybridized carbons (Fsp3) is 0.421. The Morgan fingerprint density at radius 3 is 2.55 bits per heavy atom. The van der Waals surface area contributed by atoms with Gasteiger partial charge in [0.05, 0.1) is 17.0 Å². The number of nitro groups is 1. The molecule has 3 rings (SSSR count). The number of alkyl halides is 3. The van der Waals surface area contributed by atoms with Gasteiger partial charge in [-0.25, -0.2) is 4.79 Å². The number of carboxylic acid groups (broad SMARTS) is 1. The number of benzene rings is 1. The molecule has 0 atom stereocenters. The predicted molar refractivity (Wildman–Crippen MR) is 107 cm³/mol. The number of piperidine rings is 1. The minimum Gasteiger partial charge on any atom is -0.465 e. The second kappa shape index (κ2) is 9.34. The lowest BCUT2D eigenvalue weighted by atomic mass is 10.0. The average molecular weight is 471 g/mol. The molecule has 14 heteroatoms. The zero-order chi connectivity index (χ0) is 24.3. The fourth-order valence-corrected chi connectivity index (χ4v) is 3.70. The Balaban J connectivity index is 1.74. The number of non-ortho nitro benzene ring substituents is 1. The van der Waals surface area contributed by atoms with Crippen molar-refractivity contribution >= 4 is 23.4 Å². The highest BCUT2D eigenvalue weighted by atomic mass is 19.4. The molecule has 1 aromatic heterocycles. The number of aromatic nitrogens is 1. The van der Waals surface area contributed by atoms with Gasteiger partial charge in [0.15, 0.2) is 11.5 Å². The summed E-state index contributed by atoms with van der Waals surface area (Å²) in [4.78, 5) is 35.9. The lowest BCUT2D eigenvalue weighted by Crippen LogP contribution is -2.47. The third-order valence-electron chi connectivity index (χ3n) is 5.33. The zero-order valence-corrected chi connectivity index (χ0v) is 17.3. The van der Waals surface area contributed by atoms with Gasteiger partial charge in [0.1, 0.15) is 0 Å². The van der Waals surface area contributed by atoms with Crippen LogP contribution in [0.1, 0.15) is 34.7 Å². The number of hydrogen-bond donors (Lipinski definition) is 2. The quantitative estimate of drug-likeness (QED) is 0.483. The molecule has 11 nitrogen and oxygen atoms in total. The summed E-state index contributed by atoms with van der Waals surface area (Å²) in [7, 11) is 1.41. The van der Waals surface area contributed by atoms with Crippen LogP contribution in [-0.4, -0.2) is 58.3 Å². The first-order valence-electron chi connectivity index (χ1n) is 9.79. The Bertz CT molecular complexity index is 1050. The molecule has 0 unspecified atom stereocenters. The number of nitrogens with one attached hydrogen (secondary N) is 1. The minimum absolute atomic E-state index is 0.00879. The summed E-state index contributed by atoms with van der Waals surface area (Å²) < 4.78 is 45.5.